The van der Waals surface area contributed by atoms with E-state index in [4.69, 9.17) is 11.6 Å². The number of nitrogens with one attached hydrogen (secondary N) is 1. The van der Waals surface area contributed by atoms with E-state index in [0.717, 1.165) is 26.7 Å². The van der Waals surface area contributed by atoms with Crippen molar-refractivity contribution in [1.29, 1.82) is 0 Å². The van der Waals surface area contributed by atoms with Crippen LogP contribution in [0.3, 0.4) is 0 Å². The predicted molar refractivity (Wildman–Crippen MR) is 95.4 cm³/mol. The van der Waals surface area contributed by atoms with Crippen LogP contribution in [-0.4, -0.2) is 8.42 Å². The molecule has 6 heteroatoms. The fourth-order valence-corrected chi connectivity index (χ4v) is 4.44. The van der Waals surface area contributed by atoms with Crippen LogP contribution in [-0.2, 0) is 10.0 Å². The summed E-state index contributed by atoms with van der Waals surface area (Å²) in [7, 11) is -3.67. The molecule has 2 aromatic rings. The third kappa shape index (κ3) is 3.31. The molecule has 0 aliphatic heterocycles. The van der Waals surface area contributed by atoms with Crippen molar-refractivity contribution in [3.05, 3.63) is 56.0 Å². The number of rotatable bonds is 3. The zero-order valence-electron chi connectivity index (χ0n) is 12.8. The van der Waals surface area contributed by atoms with E-state index < -0.39 is 10.0 Å². The first-order valence-electron chi connectivity index (χ1n) is 6.68. The number of hydrogen-bond donors (Lipinski definition) is 1. The maximum absolute atomic E-state index is 12.8. The minimum absolute atomic E-state index is 0.337. The topological polar surface area (TPSA) is 46.2 Å². The first kappa shape index (κ1) is 17.3. The summed E-state index contributed by atoms with van der Waals surface area (Å²) in [4.78, 5) is 0.337. The van der Waals surface area contributed by atoms with Gasteiger partial charge in [0.2, 0.25) is 0 Å². The van der Waals surface area contributed by atoms with Crippen molar-refractivity contribution in [2.45, 2.75) is 32.6 Å². The molecule has 0 aromatic heterocycles. The van der Waals surface area contributed by atoms with Gasteiger partial charge in [0.1, 0.15) is 0 Å². The molecule has 0 aliphatic rings. The molecule has 22 heavy (non-hydrogen) atoms. The van der Waals surface area contributed by atoms with Gasteiger partial charge >= 0.3 is 0 Å². The Hall–Kier alpha value is -1.04. The van der Waals surface area contributed by atoms with Crippen molar-refractivity contribution < 1.29 is 8.42 Å². The van der Waals surface area contributed by atoms with Crippen molar-refractivity contribution in [3.8, 4) is 0 Å². The highest BCUT2D eigenvalue weighted by Crippen LogP contribution is 2.30. The molecule has 1 N–H and O–H groups in total. The third-order valence-electron chi connectivity index (χ3n) is 3.74. The second kappa shape index (κ2) is 6.22. The lowest BCUT2D eigenvalue weighted by atomic mass is 10.0. The molecule has 0 fully saturated rings. The SMILES string of the molecule is Cc1cc(C)c(C)c(S(=O)(=O)Nc2ccc(Br)c(Cl)c2)c1C. The zero-order valence-corrected chi connectivity index (χ0v) is 15.9. The highest BCUT2D eigenvalue weighted by Gasteiger charge is 2.22. The van der Waals surface area contributed by atoms with Gasteiger partial charge in [-0.1, -0.05) is 17.7 Å². The van der Waals surface area contributed by atoms with Gasteiger partial charge < -0.3 is 0 Å². The van der Waals surface area contributed by atoms with Gasteiger partial charge in [-0.15, -0.1) is 0 Å². The van der Waals surface area contributed by atoms with Crippen LogP contribution in [0.5, 0.6) is 0 Å². The monoisotopic (exact) mass is 401 g/mol. The molecule has 0 amide bonds. The normalized spacial score (nSPS) is 11.5. The Morgan fingerprint density at radius 2 is 1.55 bits per heavy atom. The average molecular weight is 403 g/mol. The van der Waals surface area contributed by atoms with E-state index in [0.29, 0.717) is 15.6 Å². The molecular formula is C16H17BrClNO2S. The number of anilines is 1. The number of sulfonamides is 1. The lowest BCUT2D eigenvalue weighted by Crippen LogP contribution is -2.17. The van der Waals surface area contributed by atoms with Crippen molar-refractivity contribution in [2.75, 3.05) is 4.72 Å². The molecule has 0 saturated carbocycles. The summed E-state index contributed by atoms with van der Waals surface area (Å²) in [6, 6.07) is 6.96. The van der Waals surface area contributed by atoms with E-state index in [-0.39, 0.29) is 0 Å². The van der Waals surface area contributed by atoms with Crippen LogP contribution in [0.25, 0.3) is 0 Å². The van der Waals surface area contributed by atoms with Crippen LogP contribution < -0.4 is 4.72 Å². The largest absolute Gasteiger partial charge is 0.280 e. The third-order valence-corrected chi connectivity index (χ3v) is 6.62. The smallest absolute Gasteiger partial charge is 0.262 e. The van der Waals surface area contributed by atoms with E-state index >= 15 is 0 Å². The van der Waals surface area contributed by atoms with Gasteiger partial charge in [0, 0.05) is 4.47 Å². The van der Waals surface area contributed by atoms with Crippen LogP contribution >= 0.6 is 27.5 Å². The molecule has 0 atom stereocenters. The van der Waals surface area contributed by atoms with E-state index in [9.17, 15) is 8.42 Å². The van der Waals surface area contributed by atoms with Crippen LogP contribution in [0.1, 0.15) is 22.3 Å². The lowest BCUT2D eigenvalue weighted by Gasteiger charge is -2.17. The Bertz CT molecular complexity index is 821. The summed E-state index contributed by atoms with van der Waals surface area (Å²) < 4.78 is 28.9. The van der Waals surface area contributed by atoms with Crippen molar-refractivity contribution in [1.82, 2.24) is 0 Å². The van der Waals surface area contributed by atoms with E-state index in [1.165, 1.54) is 0 Å². The van der Waals surface area contributed by atoms with Gasteiger partial charge in [0.25, 0.3) is 10.0 Å². The molecule has 0 spiro atoms. The van der Waals surface area contributed by atoms with E-state index in [1.807, 2.05) is 33.8 Å². The molecule has 0 aliphatic carbocycles. The number of aryl methyl sites for hydroxylation is 2. The molecule has 0 bridgehead atoms. The molecule has 3 nitrogen and oxygen atoms in total. The Balaban J connectivity index is 2.54. The highest BCUT2D eigenvalue weighted by molar-refractivity contribution is 9.10. The zero-order chi connectivity index (χ0) is 16.7. The Morgan fingerprint density at radius 3 is 2.05 bits per heavy atom. The first-order valence-corrected chi connectivity index (χ1v) is 9.34. The molecule has 118 valence electrons. The quantitative estimate of drug-likeness (QED) is 0.773. The minimum atomic E-state index is -3.67. The molecule has 0 heterocycles. The van der Waals surface area contributed by atoms with Gasteiger partial charge in [-0.25, -0.2) is 8.42 Å². The van der Waals surface area contributed by atoms with Crippen molar-refractivity contribution >= 4 is 43.2 Å². The van der Waals surface area contributed by atoms with Crippen LogP contribution in [0.2, 0.25) is 5.02 Å². The summed E-state index contributed by atoms with van der Waals surface area (Å²) in [5.74, 6) is 0. The summed E-state index contributed by atoms with van der Waals surface area (Å²) in [5.41, 5.74) is 3.87. The Labute approximate surface area is 144 Å². The number of hydrogen-bond acceptors (Lipinski definition) is 2. The average Bonchev–Trinajstić information content (AvgIpc) is 2.40. The fraction of sp³-hybridized carbons (Fsp3) is 0.250. The molecule has 0 radical (unpaired) electrons. The van der Waals surface area contributed by atoms with Gasteiger partial charge in [0.15, 0.2) is 0 Å². The molecule has 0 saturated heterocycles. The summed E-state index contributed by atoms with van der Waals surface area (Å²) in [6.07, 6.45) is 0. The molecule has 2 aromatic carbocycles. The second-order valence-corrected chi connectivity index (χ2v) is 8.20. The first-order chi connectivity index (χ1) is 10.1. The van der Waals surface area contributed by atoms with Gasteiger partial charge in [-0.05, 0) is 84.1 Å². The van der Waals surface area contributed by atoms with Crippen LogP contribution in [0.15, 0.2) is 33.6 Å². The Morgan fingerprint density at radius 1 is 1.00 bits per heavy atom. The van der Waals surface area contributed by atoms with Crippen LogP contribution in [0.4, 0.5) is 5.69 Å². The minimum Gasteiger partial charge on any atom is -0.280 e. The number of halogens is 2. The van der Waals surface area contributed by atoms with Gasteiger partial charge in [0.05, 0.1) is 15.6 Å². The number of benzene rings is 2. The molecule has 2 rings (SSSR count). The van der Waals surface area contributed by atoms with Crippen LogP contribution in [0, 0.1) is 27.7 Å². The van der Waals surface area contributed by atoms with Gasteiger partial charge in [-0.2, -0.15) is 0 Å². The fourth-order valence-electron chi connectivity index (χ4n) is 2.35. The lowest BCUT2D eigenvalue weighted by molar-refractivity contribution is 0.599. The van der Waals surface area contributed by atoms with Crippen molar-refractivity contribution in [3.63, 3.8) is 0 Å². The van der Waals surface area contributed by atoms with Gasteiger partial charge in [-0.3, -0.25) is 4.72 Å². The second-order valence-electron chi connectivity index (χ2n) is 5.32. The summed E-state index contributed by atoms with van der Waals surface area (Å²) in [6.45, 7) is 7.48. The highest BCUT2D eigenvalue weighted by atomic mass is 79.9. The predicted octanol–water partition coefficient (Wildman–Crippen LogP) is 5.14. The van der Waals surface area contributed by atoms with Crippen molar-refractivity contribution in [2.24, 2.45) is 0 Å². The maximum Gasteiger partial charge on any atom is 0.262 e. The van der Waals surface area contributed by atoms with E-state index in [1.54, 1.807) is 18.2 Å². The summed E-state index contributed by atoms with van der Waals surface area (Å²) in [5, 5.41) is 0.453. The standard InChI is InChI=1S/C16H17BrClNO2S/c1-9-7-10(2)12(4)16(11(9)3)22(20,21)19-13-5-6-14(17)15(18)8-13/h5-8,19H,1-4H3. The Kier molecular flexibility index (Phi) is 4.90. The molecule has 0 unspecified atom stereocenters. The van der Waals surface area contributed by atoms with E-state index in [2.05, 4.69) is 20.7 Å². The molecular weight excluding hydrogens is 386 g/mol. The summed E-state index contributed by atoms with van der Waals surface area (Å²) >= 11 is 9.31. The maximum atomic E-state index is 12.8.